The predicted octanol–water partition coefficient (Wildman–Crippen LogP) is 1.64. The molecule has 2 N–H and O–H groups in total. The summed E-state index contributed by atoms with van der Waals surface area (Å²) in [7, 11) is -3.47. The van der Waals surface area contributed by atoms with Gasteiger partial charge in [-0.05, 0) is 40.0 Å². The molecule has 146 valence electrons. The van der Waals surface area contributed by atoms with Gasteiger partial charge in [-0.1, -0.05) is 11.3 Å². The molecule has 0 aromatic carbocycles. The van der Waals surface area contributed by atoms with Gasteiger partial charge in [0.05, 0.1) is 6.26 Å². The molecule has 2 heterocycles. The van der Waals surface area contributed by atoms with Gasteiger partial charge in [0.1, 0.15) is 11.6 Å². The fraction of sp³-hybridized carbons (Fsp3) is 0.714. The first-order valence-electron chi connectivity index (χ1n) is 8.06. The summed E-state index contributed by atoms with van der Waals surface area (Å²) in [4.78, 5) is 26.4. The van der Waals surface area contributed by atoms with Crippen molar-refractivity contribution in [2.75, 3.05) is 22.8 Å². The van der Waals surface area contributed by atoms with Gasteiger partial charge in [-0.25, -0.2) is 13.2 Å². The van der Waals surface area contributed by atoms with Crippen LogP contribution in [0.15, 0.2) is 0 Å². The molecule has 1 aromatic heterocycles. The third kappa shape index (κ3) is 6.09. The zero-order chi connectivity index (χ0) is 19.5. The number of carbonyl (C=O) groups is 2. The van der Waals surface area contributed by atoms with Crippen molar-refractivity contribution in [2.45, 2.75) is 51.7 Å². The fourth-order valence-corrected chi connectivity index (χ4v) is 3.88. The van der Waals surface area contributed by atoms with Crippen LogP contribution in [-0.2, 0) is 19.6 Å². The zero-order valence-electron chi connectivity index (χ0n) is 15.1. The first-order valence-corrected chi connectivity index (χ1v) is 10.8. The molecule has 1 saturated heterocycles. The summed E-state index contributed by atoms with van der Waals surface area (Å²) in [6.07, 6.45) is 2.58. The van der Waals surface area contributed by atoms with E-state index in [4.69, 9.17) is 4.74 Å². The number of ether oxygens (including phenoxy) is 1. The van der Waals surface area contributed by atoms with E-state index >= 15 is 0 Å². The highest BCUT2D eigenvalue weighted by atomic mass is 32.2. The van der Waals surface area contributed by atoms with Crippen LogP contribution in [0, 0.1) is 0 Å². The van der Waals surface area contributed by atoms with Gasteiger partial charge in [0, 0.05) is 6.54 Å². The molecule has 0 bridgehead atoms. The van der Waals surface area contributed by atoms with Crippen molar-refractivity contribution in [3.8, 4) is 0 Å². The quantitative estimate of drug-likeness (QED) is 0.778. The average Bonchev–Trinajstić information content (AvgIpc) is 2.90. The molecule has 12 heteroatoms. The number of hydrogen-bond donors (Lipinski definition) is 2. The molecule has 1 fully saturated rings. The highest BCUT2D eigenvalue weighted by molar-refractivity contribution is 7.92. The second-order valence-electron chi connectivity index (χ2n) is 6.96. The van der Waals surface area contributed by atoms with Crippen molar-refractivity contribution in [2.24, 2.45) is 0 Å². The minimum absolute atomic E-state index is 0.0513. The highest BCUT2D eigenvalue weighted by Gasteiger charge is 2.35. The third-order valence-electron chi connectivity index (χ3n) is 3.36. The largest absolute Gasteiger partial charge is 0.444 e. The van der Waals surface area contributed by atoms with Crippen molar-refractivity contribution in [3.05, 3.63) is 0 Å². The lowest BCUT2D eigenvalue weighted by Gasteiger charge is -2.35. The topological polar surface area (TPSA) is 131 Å². The van der Waals surface area contributed by atoms with Gasteiger partial charge < -0.3 is 4.74 Å². The Morgan fingerprint density at radius 2 is 1.88 bits per heavy atom. The second kappa shape index (κ2) is 7.74. The first kappa shape index (κ1) is 20.4. The standard InChI is InChI=1S/C14H23N5O5S2/c1-14(2,3)24-13(21)19-8-6-5-7-9(19)10(20)15-11-16-17-12(25-11)18-26(4,22)23/h9H,5-8H2,1-4H3,(H,17,18)(H,15,16,20). The number of likely N-dealkylation sites (tertiary alicyclic amines) is 1. The molecule has 2 amide bonds. The number of nitrogens with one attached hydrogen (secondary N) is 2. The first-order chi connectivity index (χ1) is 11.9. The normalized spacial score (nSPS) is 18.3. The maximum absolute atomic E-state index is 12.6. The molecule has 0 saturated carbocycles. The van der Waals surface area contributed by atoms with Crippen LogP contribution in [0.2, 0.25) is 0 Å². The predicted molar refractivity (Wildman–Crippen MR) is 97.6 cm³/mol. The lowest BCUT2D eigenvalue weighted by molar-refractivity contribution is -0.122. The van der Waals surface area contributed by atoms with E-state index in [-0.39, 0.29) is 10.3 Å². The van der Waals surface area contributed by atoms with Gasteiger partial charge in [-0.3, -0.25) is 19.7 Å². The van der Waals surface area contributed by atoms with Crippen molar-refractivity contribution in [1.29, 1.82) is 0 Å². The minimum atomic E-state index is -3.47. The number of hydrogen-bond acceptors (Lipinski definition) is 8. The Kier molecular flexibility index (Phi) is 6.06. The smallest absolute Gasteiger partial charge is 0.410 e. The van der Waals surface area contributed by atoms with Crippen LogP contribution in [0.4, 0.5) is 15.1 Å². The SMILES string of the molecule is CC(C)(C)OC(=O)N1CCCCC1C(=O)Nc1nnc(NS(C)(=O)=O)s1. The number of amides is 2. The van der Waals surface area contributed by atoms with Crippen molar-refractivity contribution in [1.82, 2.24) is 15.1 Å². The molecule has 0 radical (unpaired) electrons. The molecule has 1 unspecified atom stereocenters. The third-order valence-corrected chi connectivity index (χ3v) is 4.81. The van der Waals surface area contributed by atoms with Crippen LogP contribution >= 0.6 is 11.3 Å². The molecular formula is C14H23N5O5S2. The van der Waals surface area contributed by atoms with Crippen molar-refractivity contribution < 1.29 is 22.7 Å². The summed E-state index contributed by atoms with van der Waals surface area (Å²) in [5.74, 6) is -0.405. The van der Waals surface area contributed by atoms with E-state index in [9.17, 15) is 18.0 Å². The summed E-state index contributed by atoms with van der Waals surface area (Å²) < 4.78 is 29.9. The van der Waals surface area contributed by atoms with Gasteiger partial charge in [0.15, 0.2) is 0 Å². The van der Waals surface area contributed by atoms with Crippen LogP contribution in [0.1, 0.15) is 40.0 Å². The Balaban J connectivity index is 2.05. The summed E-state index contributed by atoms with van der Waals surface area (Å²) in [5.41, 5.74) is -0.652. The number of carbonyl (C=O) groups excluding carboxylic acids is 2. The Morgan fingerprint density at radius 1 is 1.23 bits per heavy atom. The highest BCUT2D eigenvalue weighted by Crippen LogP contribution is 2.24. The van der Waals surface area contributed by atoms with E-state index in [1.807, 2.05) is 0 Å². The minimum Gasteiger partial charge on any atom is -0.444 e. The number of aromatic nitrogens is 2. The number of nitrogens with zero attached hydrogens (tertiary/aromatic N) is 3. The van der Waals surface area contributed by atoms with E-state index in [0.717, 1.165) is 30.4 Å². The van der Waals surface area contributed by atoms with Gasteiger partial charge in [0.25, 0.3) is 0 Å². The van der Waals surface area contributed by atoms with Crippen LogP contribution in [-0.4, -0.2) is 60.0 Å². The molecular weight excluding hydrogens is 382 g/mol. The Bertz CT molecular complexity index is 771. The number of anilines is 2. The zero-order valence-corrected chi connectivity index (χ0v) is 16.7. The maximum atomic E-state index is 12.6. The van der Waals surface area contributed by atoms with Gasteiger partial charge >= 0.3 is 6.09 Å². The van der Waals surface area contributed by atoms with E-state index in [1.165, 1.54) is 4.90 Å². The van der Waals surface area contributed by atoms with E-state index in [1.54, 1.807) is 20.8 Å². The fourth-order valence-electron chi connectivity index (χ4n) is 2.41. The molecule has 2 rings (SSSR count). The summed E-state index contributed by atoms with van der Waals surface area (Å²) in [6, 6.07) is -0.672. The van der Waals surface area contributed by atoms with Gasteiger partial charge in [-0.15, -0.1) is 10.2 Å². The second-order valence-corrected chi connectivity index (χ2v) is 9.69. The van der Waals surface area contributed by atoms with Crippen LogP contribution < -0.4 is 10.0 Å². The molecule has 1 atom stereocenters. The Hall–Kier alpha value is -1.95. The van der Waals surface area contributed by atoms with Gasteiger partial charge in [0.2, 0.25) is 26.2 Å². The van der Waals surface area contributed by atoms with Crippen LogP contribution in [0.3, 0.4) is 0 Å². The Morgan fingerprint density at radius 3 is 2.50 bits per heavy atom. The average molecular weight is 406 g/mol. The Labute approximate surface area is 156 Å². The summed E-state index contributed by atoms with van der Waals surface area (Å²) >= 11 is 0.893. The van der Waals surface area contributed by atoms with E-state index < -0.39 is 33.7 Å². The van der Waals surface area contributed by atoms with Crippen molar-refractivity contribution >= 4 is 43.6 Å². The molecule has 0 spiro atoms. The molecule has 10 nitrogen and oxygen atoms in total. The van der Waals surface area contributed by atoms with Crippen molar-refractivity contribution in [3.63, 3.8) is 0 Å². The summed E-state index contributed by atoms with van der Waals surface area (Å²) in [6.45, 7) is 5.73. The van der Waals surface area contributed by atoms with Crippen LogP contribution in [0.25, 0.3) is 0 Å². The number of piperidine rings is 1. The summed E-state index contributed by atoms with van der Waals surface area (Å²) in [5, 5.41) is 10.2. The molecule has 0 aliphatic carbocycles. The molecule has 1 aromatic rings. The van der Waals surface area contributed by atoms with E-state index in [0.29, 0.717) is 13.0 Å². The van der Waals surface area contributed by atoms with E-state index in [2.05, 4.69) is 20.2 Å². The van der Waals surface area contributed by atoms with Gasteiger partial charge in [-0.2, -0.15) is 0 Å². The van der Waals surface area contributed by atoms with Crippen LogP contribution in [0.5, 0.6) is 0 Å². The number of sulfonamides is 1. The number of rotatable bonds is 4. The monoisotopic (exact) mass is 405 g/mol. The molecule has 26 heavy (non-hydrogen) atoms. The maximum Gasteiger partial charge on any atom is 0.410 e. The molecule has 1 aliphatic rings. The molecule has 1 aliphatic heterocycles. The lowest BCUT2D eigenvalue weighted by atomic mass is 10.0. The lowest BCUT2D eigenvalue weighted by Crippen LogP contribution is -2.51.